The molecule has 9 heteroatoms. The summed E-state index contributed by atoms with van der Waals surface area (Å²) in [6.07, 6.45) is -4.40. The highest BCUT2D eigenvalue weighted by atomic mass is 32.2. The Morgan fingerprint density at radius 2 is 2.05 bits per heavy atom. The van der Waals surface area contributed by atoms with Gasteiger partial charge in [0.1, 0.15) is 11.6 Å². The van der Waals surface area contributed by atoms with Crippen LogP contribution in [0.15, 0.2) is 18.2 Å². The number of nitrogens with one attached hydrogen (secondary N) is 1. The summed E-state index contributed by atoms with van der Waals surface area (Å²) >= 11 is 0. The monoisotopic (exact) mass is 341 g/mol. The molecule has 1 fully saturated rings. The van der Waals surface area contributed by atoms with E-state index in [2.05, 4.69) is 10.1 Å². The van der Waals surface area contributed by atoms with Crippen LogP contribution < -0.4 is 10.1 Å². The van der Waals surface area contributed by atoms with Crippen LogP contribution in [0.2, 0.25) is 0 Å². The number of rotatable bonds is 5. The maximum absolute atomic E-state index is 13.7. The number of alkyl halides is 3. The molecule has 0 radical (unpaired) electrons. The second-order valence-electron chi connectivity index (χ2n) is 5.16. The van der Waals surface area contributed by atoms with E-state index in [1.54, 1.807) is 0 Å². The Morgan fingerprint density at radius 1 is 1.32 bits per heavy atom. The summed E-state index contributed by atoms with van der Waals surface area (Å²) in [5.74, 6) is -1.36. The molecule has 1 saturated heterocycles. The summed E-state index contributed by atoms with van der Waals surface area (Å²) in [5.41, 5.74) is -0.235. The average Bonchev–Trinajstić information content (AvgIpc) is 2.70. The van der Waals surface area contributed by atoms with Crippen molar-refractivity contribution >= 4 is 9.84 Å². The summed E-state index contributed by atoms with van der Waals surface area (Å²) in [6.45, 7) is 0.119. The van der Waals surface area contributed by atoms with Crippen molar-refractivity contribution in [2.24, 2.45) is 5.92 Å². The molecule has 0 unspecified atom stereocenters. The molecule has 1 heterocycles. The maximum Gasteiger partial charge on any atom is 0.573 e. The number of ether oxygens (including phenoxy) is 1. The standard InChI is InChI=1S/C13H15F4NO3S/c14-11-2-1-3-12(21-13(15,16)17)10(11)7-18-6-9-4-5-22(19,20)8-9/h1-3,9,18H,4-8H2/t9-/m0/s1. The lowest BCUT2D eigenvalue weighted by Crippen LogP contribution is -2.25. The minimum Gasteiger partial charge on any atom is -0.405 e. The molecular weight excluding hydrogens is 326 g/mol. The summed E-state index contributed by atoms with van der Waals surface area (Å²) in [4.78, 5) is 0. The van der Waals surface area contributed by atoms with Gasteiger partial charge in [0.15, 0.2) is 9.84 Å². The predicted molar refractivity (Wildman–Crippen MR) is 71.6 cm³/mol. The van der Waals surface area contributed by atoms with Crippen LogP contribution in [0.3, 0.4) is 0 Å². The Hall–Kier alpha value is -1.35. The summed E-state index contributed by atoms with van der Waals surface area (Å²) in [6, 6.07) is 3.21. The van der Waals surface area contributed by atoms with Gasteiger partial charge < -0.3 is 10.1 Å². The van der Waals surface area contributed by atoms with Gasteiger partial charge in [-0.25, -0.2) is 12.8 Å². The van der Waals surface area contributed by atoms with Crippen LogP contribution >= 0.6 is 0 Å². The number of halogens is 4. The zero-order chi connectivity index (χ0) is 16.4. The first-order valence-corrected chi connectivity index (χ1v) is 8.43. The summed E-state index contributed by atoms with van der Waals surface area (Å²) in [5, 5.41) is 2.80. The van der Waals surface area contributed by atoms with E-state index in [0.29, 0.717) is 13.0 Å². The Bertz CT molecular complexity index is 631. The lowest BCUT2D eigenvalue weighted by atomic mass is 10.1. The molecule has 124 valence electrons. The van der Waals surface area contributed by atoms with Gasteiger partial charge in [-0.05, 0) is 31.0 Å². The third-order valence-electron chi connectivity index (χ3n) is 3.36. The molecule has 1 aliphatic heterocycles. The molecule has 1 atom stereocenters. The van der Waals surface area contributed by atoms with E-state index >= 15 is 0 Å². The lowest BCUT2D eigenvalue weighted by Gasteiger charge is -2.15. The molecule has 1 aliphatic rings. The molecule has 1 aromatic rings. The van der Waals surface area contributed by atoms with E-state index in [1.165, 1.54) is 0 Å². The van der Waals surface area contributed by atoms with Crippen LogP contribution in [-0.2, 0) is 16.4 Å². The molecule has 0 bridgehead atoms. The fourth-order valence-corrected chi connectivity index (χ4v) is 4.23. The Kier molecular flexibility index (Phi) is 4.96. The number of hydrogen-bond acceptors (Lipinski definition) is 4. The van der Waals surface area contributed by atoms with Crippen LogP contribution in [0.4, 0.5) is 17.6 Å². The fourth-order valence-electron chi connectivity index (χ4n) is 2.37. The maximum atomic E-state index is 13.7. The minimum atomic E-state index is -4.90. The van der Waals surface area contributed by atoms with Gasteiger partial charge in [0.2, 0.25) is 0 Å². The first kappa shape index (κ1) is 17.0. The van der Waals surface area contributed by atoms with Gasteiger partial charge >= 0.3 is 6.36 Å². The van der Waals surface area contributed by atoms with E-state index in [1.807, 2.05) is 0 Å². The number of hydrogen-bond donors (Lipinski definition) is 1. The van der Waals surface area contributed by atoms with Crippen LogP contribution in [0, 0.1) is 11.7 Å². The van der Waals surface area contributed by atoms with Crippen LogP contribution in [0.25, 0.3) is 0 Å². The Labute approximate surface area is 125 Å². The Balaban J connectivity index is 1.97. The van der Waals surface area contributed by atoms with Crippen molar-refractivity contribution in [3.8, 4) is 5.75 Å². The molecule has 0 aliphatic carbocycles. The smallest absolute Gasteiger partial charge is 0.405 e. The van der Waals surface area contributed by atoms with Crippen LogP contribution in [0.1, 0.15) is 12.0 Å². The van der Waals surface area contributed by atoms with Crippen LogP contribution in [0.5, 0.6) is 5.75 Å². The summed E-state index contributed by atoms with van der Waals surface area (Å²) < 4.78 is 76.9. The molecule has 1 aromatic carbocycles. The second kappa shape index (κ2) is 6.41. The van der Waals surface area contributed by atoms with Crippen molar-refractivity contribution in [2.45, 2.75) is 19.3 Å². The van der Waals surface area contributed by atoms with Gasteiger partial charge in [-0.3, -0.25) is 0 Å². The topological polar surface area (TPSA) is 55.4 Å². The van der Waals surface area contributed by atoms with E-state index in [0.717, 1.165) is 18.2 Å². The number of sulfone groups is 1. The van der Waals surface area contributed by atoms with Crippen molar-refractivity contribution < 1.29 is 30.7 Å². The number of benzene rings is 1. The van der Waals surface area contributed by atoms with Gasteiger partial charge in [-0.1, -0.05) is 6.07 Å². The van der Waals surface area contributed by atoms with Crippen molar-refractivity contribution in [1.29, 1.82) is 0 Å². The van der Waals surface area contributed by atoms with Gasteiger partial charge in [-0.15, -0.1) is 13.2 Å². The normalized spacial score (nSPS) is 21.0. The van der Waals surface area contributed by atoms with Gasteiger partial charge in [0.25, 0.3) is 0 Å². The molecule has 0 spiro atoms. The predicted octanol–water partition coefficient (Wildman–Crippen LogP) is 2.25. The molecule has 0 saturated carbocycles. The molecule has 0 amide bonds. The van der Waals surface area contributed by atoms with Crippen molar-refractivity contribution in [1.82, 2.24) is 5.32 Å². The molecule has 4 nitrogen and oxygen atoms in total. The van der Waals surface area contributed by atoms with Gasteiger partial charge in [-0.2, -0.15) is 0 Å². The SMILES string of the molecule is O=S1(=O)CC[C@@H](CNCc2c(F)cccc2OC(F)(F)F)C1. The largest absolute Gasteiger partial charge is 0.573 e. The van der Waals surface area contributed by atoms with Gasteiger partial charge in [0, 0.05) is 12.1 Å². The van der Waals surface area contributed by atoms with Gasteiger partial charge in [0.05, 0.1) is 11.5 Å². The highest BCUT2D eigenvalue weighted by molar-refractivity contribution is 7.91. The molecular formula is C13H15F4NO3S. The quantitative estimate of drug-likeness (QED) is 0.835. The van der Waals surface area contributed by atoms with Crippen LogP contribution in [-0.4, -0.2) is 32.8 Å². The van der Waals surface area contributed by atoms with E-state index < -0.39 is 27.8 Å². The van der Waals surface area contributed by atoms with E-state index in [-0.39, 0.29) is 29.5 Å². The fraction of sp³-hybridized carbons (Fsp3) is 0.538. The van der Waals surface area contributed by atoms with E-state index in [9.17, 15) is 26.0 Å². The van der Waals surface area contributed by atoms with E-state index in [4.69, 9.17) is 0 Å². The average molecular weight is 341 g/mol. The molecule has 2 rings (SSSR count). The molecule has 22 heavy (non-hydrogen) atoms. The van der Waals surface area contributed by atoms with Crippen molar-refractivity contribution in [3.63, 3.8) is 0 Å². The third-order valence-corrected chi connectivity index (χ3v) is 5.20. The second-order valence-corrected chi connectivity index (χ2v) is 7.39. The third kappa shape index (κ3) is 4.84. The minimum absolute atomic E-state index is 0.0448. The highest BCUT2D eigenvalue weighted by Gasteiger charge is 2.32. The first-order valence-electron chi connectivity index (χ1n) is 6.60. The highest BCUT2D eigenvalue weighted by Crippen LogP contribution is 2.28. The zero-order valence-electron chi connectivity index (χ0n) is 11.5. The lowest BCUT2D eigenvalue weighted by molar-refractivity contribution is -0.275. The van der Waals surface area contributed by atoms with Crippen molar-refractivity contribution in [2.75, 3.05) is 18.1 Å². The summed E-state index contributed by atoms with van der Waals surface area (Å²) in [7, 11) is -3.02. The Morgan fingerprint density at radius 3 is 2.64 bits per heavy atom. The van der Waals surface area contributed by atoms with Crippen molar-refractivity contribution in [3.05, 3.63) is 29.6 Å². The molecule has 0 aromatic heterocycles. The zero-order valence-corrected chi connectivity index (χ0v) is 12.3. The first-order chi connectivity index (χ1) is 10.2. The molecule has 1 N–H and O–H groups in total.